The minimum absolute atomic E-state index is 0.207. The SMILES string of the molecule is O=COCSCCCCCCF. The van der Waals surface area contributed by atoms with Crippen LogP contribution in [0, 0.1) is 0 Å². The van der Waals surface area contributed by atoms with Crippen molar-refractivity contribution in [3.05, 3.63) is 0 Å². The van der Waals surface area contributed by atoms with Gasteiger partial charge in [-0.15, -0.1) is 11.8 Å². The Morgan fingerprint density at radius 1 is 1.25 bits per heavy atom. The van der Waals surface area contributed by atoms with Crippen LogP contribution in [0.1, 0.15) is 25.7 Å². The van der Waals surface area contributed by atoms with Crippen molar-refractivity contribution >= 4 is 18.2 Å². The third-order valence-corrected chi connectivity index (χ3v) is 2.27. The van der Waals surface area contributed by atoms with Gasteiger partial charge in [0.15, 0.2) is 0 Å². The second kappa shape index (κ2) is 10.8. The smallest absolute Gasteiger partial charge is 0.293 e. The second-order valence-electron chi connectivity index (χ2n) is 2.39. The standard InChI is InChI=1S/C8H15FO2S/c9-5-3-1-2-4-6-12-8-11-7-10/h7H,1-6,8H2. The molecule has 0 bridgehead atoms. The maximum atomic E-state index is 11.6. The summed E-state index contributed by atoms with van der Waals surface area (Å²) in [4.78, 5) is 9.70. The van der Waals surface area contributed by atoms with Crippen molar-refractivity contribution in [2.75, 3.05) is 18.4 Å². The lowest BCUT2D eigenvalue weighted by Crippen LogP contribution is -1.88. The van der Waals surface area contributed by atoms with E-state index in [1.54, 1.807) is 11.8 Å². The topological polar surface area (TPSA) is 26.3 Å². The molecule has 72 valence electrons. The van der Waals surface area contributed by atoms with Crippen LogP contribution < -0.4 is 0 Å². The van der Waals surface area contributed by atoms with Crippen LogP contribution in [0.25, 0.3) is 0 Å². The summed E-state index contributed by atoms with van der Waals surface area (Å²) in [7, 11) is 0. The molecule has 0 aliphatic carbocycles. The summed E-state index contributed by atoms with van der Waals surface area (Å²) in [5.74, 6) is 1.42. The molecule has 0 fully saturated rings. The van der Waals surface area contributed by atoms with Gasteiger partial charge in [0.2, 0.25) is 0 Å². The van der Waals surface area contributed by atoms with Gasteiger partial charge in [0.05, 0.1) is 6.67 Å². The number of hydrogen-bond donors (Lipinski definition) is 0. The molecule has 2 nitrogen and oxygen atoms in total. The van der Waals surface area contributed by atoms with Gasteiger partial charge in [0, 0.05) is 0 Å². The third kappa shape index (κ3) is 9.75. The fraction of sp³-hybridized carbons (Fsp3) is 0.875. The predicted molar refractivity (Wildman–Crippen MR) is 48.9 cm³/mol. The molecule has 0 aromatic carbocycles. The summed E-state index contributed by atoms with van der Waals surface area (Å²) in [5, 5.41) is 0. The molecule has 0 aromatic rings. The maximum absolute atomic E-state index is 11.6. The zero-order valence-electron chi connectivity index (χ0n) is 7.13. The number of halogens is 1. The first kappa shape index (κ1) is 11.8. The van der Waals surface area contributed by atoms with Gasteiger partial charge < -0.3 is 4.74 Å². The Morgan fingerprint density at radius 3 is 2.67 bits per heavy atom. The molecule has 4 heteroatoms. The van der Waals surface area contributed by atoms with Crippen LogP contribution in [0.15, 0.2) is 0 Å². The largest absolute Gasteiger partial charge is 0.457 e. The first-order valence-corrected chi connectivity index (χ1v) is 5.26. The summed E-state index contributed by atoms with van der Waals surface area (Å²) in [6.07, 6.45) is 3.78. The van der Waals surface area contributed by atoms with E-state index >= 15 is 0 Å². The highest BCUT2D eigenvalue weighted by atomic mass is 32.2. The Balaban J connectivity index is 2.77. The van der Waals surface area contributed by atoms with Crippen LogP contribution >= 0.6 is 11.8 Å². The summed E-state index contributed by atoms with van der Waals surface area (Å²) in [6, 6.07) is 0. The Bertz CT molecular complexity index is 101. The molecule has 0 radical (unpaired) electrons. The fourth-order valence-electron chi connectivity index (χ4n) is 0.787. The van der Waals surface area contributed by atoms with E-state index < -0.39 is 0 Å². The van der Waals surface area contributed by atoms with Crippen molar-refractivity contribution in [3.63, 3.8) is 0 Å². The van der Waals surface area contributed by atoms with Gasteiger partial charge >= 0.3 is 0 Å². The van der Waals surface area contributed by atoms with Gasteiger partial charge in [0.1, 0.15) is 5.94 Å². The molecular formula is C8H15FO2S. The first-order chi connectivity index (χ1) is 5.91. The molecule has 0 saturated heterocycles. The van der Waals surface area contributed by atoms with Crippen LogP contribution in [0.3, 0.4) is 0 Å². The number of unbranched alkanes of at least 4 members (excludes halogenated alkanes) is 3. The molecule has 0 unspecified atom stereocenters. The van der Waals surface area contributed by atoms with Gasteiger partial charge in [-0.05, 0) is 18.6 Å². The molecular weight excluding hydrogens is 179 g/mol. The van der Waals surface area contributed by atoms with Crippen LogP contribution in [0.2, 0.25) is 0 Å². The number of carbonyl (C=O) groups excluding carboxylic acids is 1. The second-order valence-corrected chi connectivity index (χ2v) is 3.44. The van der Waals surface area contributed by atoms with Crippen molar-refractivity contribution < 1.29 is 13.9 Å². The van der Waals surface area contributed by atoms with Gasteiger partial charge in [-0.25, -0.2) is 0 Å². The molecule has 0 aliphatic heterocycles. The van der Waals surface area contributed by atoms with Gasteiger partial charge in [-0.1, -0.05) is 12.8 Å². The first-order valence-electron chi connectivity index (χ1n) is 4.10. The highest BCUT2D eigenvalue weighted by molar-refractivity contribution is 7.99. The Labute approximate surface area is 76.9 Å². The molecule has 0 aliphatic rings. The van der Waals surface area contributed by atoms with E-state index in [1.807, 2.05) is 0 Å². The molecule has 0 heterocycles. The lowest BCUT2D eigenvalue weighted by Gasteiger charge is -1.99. The van der Waals surface area contributed by atoms with Crippen LogP contribution in [0.4, 0.5) is 4.39 Å². The number of rotatable bonds is 9. The maximum Gasteiger partial charge on any atom is 0.293 e. The summed E-state index contributed by atoms with van der Waals surface area (Å²) >= 11 is 1.59. The van der Waals surface area contributed by atoms with E-state index in [1.165, 1.54) is 0 Å². The van der Waals surface area contributed by atoms with Crippen LogP contribution in [-0.2, 0) is 9.53 Å². The third-order valence-electron chi connectivity index (χ3n) is 1.39. The fourth-order valence-corrected chi connectivity index (χ4v) is 1.46. The number of thioether (sulfide) groups is 1. The molecule has 0 atom stereocenters. The van der Waals surface area contributed by atoms with Crippen molar-refractivity contribution in [3.8, 4) is 0 Å². The average molecular weight is 194 g/mol. The Morgan fingerprint density at radius 2 is 2.00 bits per heavy atom. The van der Waals surface area contributed by atoms with E-state index in [4.69, 9.17) is 0 Å². The Hall–Kier alpha value is -0.250. The summed E-state index contributed by atoms with van der Waals surface area (Å²) in [5.41, 5.74) is 0. The number of ether oxygens (including phenoxy) is 1. The van der Waals surface area contributed by atoms with E-state index in [-0.39, 0.29) is 6.67 Å². The van der Waals surface area contributed by atoms with Crippen molar-refractivity contribution in [1.29, 1.82) is 0 Å². The minimum atomic E-state index is -0.207. The van der Waals surface area contributed by atoms with Crippen LogP contribution in [-0.4, -0.2) is 24.8 Å². The van der Waals surface area contributed by atoms with Gasteiger partial charge in [-0.3, -0.25) is 9.18 Å². The van der Waals surface area contributed by atoms with Gasteiger partial charge in [-0.2, -0.15) is 0 Å². The number of hydrogen-bond acceptors (Lipinski definition) is 3. The van der Waals surface area contributed by atoms with Gasteiger partial charge in [0.25, 0.3) is 6.47 Å². The highest BCUT2D eigenvalue weighted by Crippen LogP contribution is 2.07. The summed E-state index contributed by atoms with van der Waals surface area (Å²) < 4.78 is 16.1. The quantitative estimate of drug-likeness (QED) is 0.320. The molecule has 12 heavy (non-hydrogen) atoms. The van der Waals surface area contributed by atoms with E-state index in [0.29, 0.717) is 18.8 Å². The van der Waals surface area contributed by atoms with Crippen molar-refractivity contribution in [2.24, 2.45) is 0 Å². The molecule has 0 saturated carbocycles. The highest BCUT2D eigenvalue weighted by Gasteiger charge is 1.90. The van der Waals surface area contributed by atoms with Crippen LogP contribution in [0.5, 0.6) is 0 Å². The summed E-state index contributed by atoms with van der Waals surface area (Å²) in [6.45, 7) is 0.248. The molecule has 0 N–H and O–H groups in total. The Kier molecular flexibility index (Phi) is 10.5. The van der Waals surface area contributed by atoms with Crippen molar-refractivity contribution in [2.45, 2.75) is 25.7 Å². The minimum Gasteiger partial charge on any atom is -0.457 e. The van der Waals surface area contributed by atoms with E-state index in [2.05, 4.69) is 4.74 Å². The predicted octanol–water partition coefficient (Wildman–Crippen LogP) is 2.38. The molecule has 0 rings (SSSR count). The number of carbonyl (C=O) groups is 1. The lowest BCUT2D eigenvalue weighted by molar-refractivity contribution is -0.126. The van der Waals surface area contributed by atoms with E-state index in [9.17, 15) is 9.18 Å². The monoisotopic (exact) mass is 194 g/mol. The normalized spacial score (nSPS) is 9.75. The number of alkyl halides is 1. The zero-order chi connectivity index (χ0) is 9.07. The lowest BCUT2D eigenvalue weighted by atomic mass is 10.2. The molecule has 0 amide bonds. The van der Waals surface area contributed by atoms with E-state index in [0.717, 1.165) is 25.0 Å². The zero-order valence-corrected chi connectivity index (χ0v) is 7.95. The molecule has 0 spiro atoms. The average Bonchev–Trinajstić information content (AvgIpc) is 2.10. The molecule has 0 aromatic heterocycles. The van der Waals surface area contributed by atoms with Crippen molar-refractivity contribution in [1.82, 2.24) is 0 Å².